The van der Waals surface area contributed by atoms with Gasteiger partial charge in [0.25, 0.3) is 0 Å². The van der Waals surface area contributed by atoms with Crippen molar-refractivity contribution in [1.29, 1.82) is 0 Å². The molecule has 0 saturated heterocycles. The molecule has 3 rings (SSSR count). The molecule has 180 valence electrons. The van der Waals surface area contributed by atoms with Crippen LogP contribution in [0.5, 0.6) is 11.5 Å². The Hall–Kier alpha value is -2.74. The van der Waals surface area contributed by atoms with E-state index in [2.05, 4.69) is 0 Å². The highest BCUT2D eigenvalue weighted by Crippen LogP contribution is 2.41. The van der Waals surface area contributed by atoms with Crippen LogP contribution in [0.2, 0.25) is 0 Å². The molecule has 1 amide bonds. The minimum atomic E-state index is -4.83. The zero-order valence-electron chi connectivity index (χ0n) is 19.5. The highest BCUT2D eigenvalue weighted by Gasteiger charge is 2.51. The summed E-state index contributed by atoms with van der Waals surface area (Å²) in [6.07, 6.45) is -4.34. The number of hydrogen-bond donors (Lipinski definition) is 1. The Morgan fingerprint density at radius 3 is 2.33 bits per heavy atom. The van der Waals surface area contributed by atoms with E-state index in [0.29, 0.717) is 35.6 Å². The molecule has 1 aliphatic rings. The zero-order valence-corrected chi connectivity index (χ0v) is 19.5. The number of anilines is 1. The van der Waals surface area contributed by atoms with E-state index in [1.54, 1.807) is 57.0 Å². The second-order valence-corrected chi connectivity index (χ2v) is 9.54. The van der Waals surface area contributed by atoms with Crippen LogP contribution in [0.15, 0.2) is 42.5 Å². The third kappa shape index (κ3) is 5.27. The Morgan fingerprint density at radius 1 is 1.06 bits per heavy atom. The number of nitrogens with zero attached hydrogens (tertiary/aromatic N) is 1. The number of hydrogen-bond acceptors (Lipinski definition) is 4. The predicted molar refractivity (Wildman–Crippen MR) is 120 cm³/mol. The number of benzene rings is 2. The number of aliphatic hydroxyl groups is 1. The first-order chi connectivity index (χ1) is 15.2. The van der Waals surface area contributed by atoms with Crippen molar-refractivity contribution in [3.05, 3.63) is 53.6 Å². The molecule has 33 heavy (non-hydrogen) atoms. The van der Waals surface area contributed by atoms with Crippen LogP contribution in [0, 0.1) is 5.41 Å². The van der Waals surface area contributed by atoms with Crippen LogP contribution in [0.4, 0.5) is 18.9 Å². The van der Waals surface area contributed by atoms with Crippen LogP contribution in [-0.4, -0.2) is 36.9 Å². The van der Waals surface area contributed by atoms with Crippen LogP contribution >= 0.6 is 0 Å². The van der Waals surface area contributed by atoms with Crippen molar-refractivity contribution in [3.8, 4) is 11.5 Å². The minimum absolute atomic E-state index is 0.166. The van der Waals surface area contributed by atoms with Crippen LogP contribution in [0.25, 0.3) is 0 Å². The molecule has 0 radical (unpaired) electrons. The number of fused-ring (bicyclic) bond motifs is 1. The summed E-state index contributed by atoms with van der Waals surface area (Å²) in [6.45, 7) is 6.36. The largest absolute Gasteiger partial charge is 0.497 e. The molecule has 0 saturated carbocycles. The lowest BCUT2D eigenvalue weighted by Gasteiger charge is -2.32. The lowest BCUT2D eigenvalue weighted by Crippen LogP contribution is -2.44. The highest BCUT2D eigenvalue weighted by molar-refractivity contribution is 5.97. The van der Waals surface area contributed by atoms with Crippen LogP contribution in [0.3, 0.4) is 0 Å². The third-order valence-corrected chi connectivity index (χ3v) is 5.84. The summed E-state index contributed by atoms with van der Waals surface area (Å²) < 4.78 is 51.6. The van der Waals surface area contributed by atoms with E-state index in [0.717, 1.165) is 6.92 Å². The summed E-state index contributed by atoms with van der Waals surface area (Å²) in [4.78, 5) is 14.9. The molecule has 8 heteroatoms. The van der Waals surface area contributed by atoms with Crippen molar-refractivity contribution in [2.75, 3.05) is 18.6 Å². The fourth-order valence-corrected chi connectivity index (χ4v) is 3.79. The Morgan fingerprint density at radius 2 is 1.73 bits per heavy atom. The third-order valence-electron chi connectivity index (χ3n) is 5.84. The summed E-state index contributed by atoms with van der Waals surface area (Å²) in [7, 11) is 1.55. The van der Waals surface area contributed by atoms with Crippen LogP contribution in [0.1, 0.15) is 45.2 Å². The summed E-state index contributed by atoms with van der Waals surface area (Å²) >= 11 is 0. The van der Waals surface area contributed by atoms with E-state index in [-0.39, 0.29) is 24.1 Å². The molecular weight excluding hydrogens is 435 g/mol. The predicted octanol–water partition coefficient (Wildman–Crippen LogP) is 5.24. The Balaban J connectivity index is 1.99. The fourth-order valence-electron chi connectivity index (χ4n) is 3.79. The second kappa shape index (κ2) is 8.89. The number of methoxy groups -OCH3 is 1. The summed E-state index contributed by atoms with van der Waals surface area (Å²) in [5.74, 6) is 1.04. The quantitative estimate of drug-likeness (QED) is 0.671. The van der Waals surface area contributed by atoms with Gasteiger partial charge >= 0.3 is 6.18 Å². The van der Waals surface area contributed by atoms with Gasteiger partial charge in [-0.15, -0.1) is 0 Å². The molecule has 2 aromatic carbocycles. The van der Waals surface area contributed by atoms with E-state index in [4.69, 9.17) is 9.47 Å². The molecule has 0 aliphatic carbocycles. The SMILES string of the molecule is COc1cccc(OC2CCc3cc(C(C)(O)C(F)(F)F)ccc3N(C(=O)C(C)(C)C)C2)c1. The number of carbonyl (C=O) groups excluding carboxylic acids is 1. The first-order valence-corrected chi connectivity index (χ1v) is 10.8. The Labute approximate surface area is 192 Å². The van der Waals surface area contributed by atoms with Gasteiger partial charge in [-0.1, -0.05) is 39.0 Å². The average Bonchev–Trinajstić information content (AvgIpc) is 2.91. The number of halogens is 3. The first-order valence-electron chi connectivity index (χ1n) is 10.8. The van der Waals surface area contributed by atoms with Gasteiger partial charge in [-0.2, -0.15) is 13.2 Å². The smallest absolute Gasteiger partial charge is 0.421 e. The minimum Gasteiger partial charge on any atom is -0.497 e. The first kappa shape index (κ1) is 24.9. The van der Waals surface area contributed by atoms with E-state index < -0.39 is 17.2 Å². The van der Waals surface area contributed by atoms with Crippen molar-refractivity contribution >= 4 is 11.6 Å². The van der Waals surface area contributed by atoms with Gasteiger partial charge in [0, 0.05) is 17.2 Å². The van der Waals surface area contributed by atoms with Gasteiger partial charge in [0.15, 0.2) is 5.60 Å². The number of alkyl halides is 3. The maximum atomic E-state index is 13.4. The van der Waals surface area contributed by atoms with Gasteiger partial charge in [-0.05, 0) is 49.1 Å². The lowest BCUT2D eigenvalue weighted by atomic mass is 9.91. The van der Waals surface area contributed by atoms with E-state index in [1.165, 1.54) is 18.2 Å². The zero-order chi connectivity index (χ0) is 24.6. The van der Waals surface area contributed by atoms with Gasteiger partial charge in [0.05, 0.1) is 13.7 Å². The normalized spacial score (nSPS) is 18.7. The number of amides is 1. The highest BCUT2D eigenvalue weighted by atomic mass is 19.4. The van der Waals surface area contributed by atoms with Crippen molar-refractivity contribution < 1.29 is 32.5 Å². The summed E-state index contributed by atoms with van der Waals surface area (Å²) in [6, 6.07) is 11.2. The maximum absolute atomic E-state index is 13.4. The number of carbonyl (C=O) groups is 1. The molecular formula is C25H30F3NO4. The van der Waals surface area contributed by atoms with Gasteiger partial charge in [0.2, 0.25) is 5.91 Å². The number of ether oxygens (including phenoxy) is 2. The molecule has 2 atom stereocenters. The van der Waals surface area contributed by atoms with Gasteiger partial charge in [-0.3, -0.25) is 4.79 Å². The topological polar surface area (TPSA) is 59.0 Å². The molecule has 0 bridgehead atoms. The van der Waals surface area contributed by atoms with E-state index >= 15 is 0 Å². The van der Waals surface area contributed by atoms with E-state index in [1.807, 2.05) is 0 Å². The molecule has 2 aromatic rings. The lowest BCUT2D eigenvalue weighted by molar-refractivity contribution is -0.258. The molecule has 1 aliphatic heterocycles. The Bertz CT molecular complexity index is 1010. The molecule has 1 heterocycles. The van der Waals surface area contributed by atoms with Crippen molar-refractivity contribution in [2.45, 2.75) is 58.4 Å². The van der Waals surface area contributed by atoms with Crippen LogP contribution in [-0.2, 0) is 16.8 Å². The maximum Gasteiger partial charge on any atom is 0.421 e. The summed E-state index contributed by atoms with van der Waals surface area (Å²) in [5.41, 5.74) is -2.87. The number of aryl methyl sites for hydroxylation is 1. The molecule has 0 aromatic heterocycles. The van der Waals surface area contributed by atoms with Crippen molar-refractivity contribution in [3.63, 3.8) is 0 Å². The van der Waals surface area contributed by atoms with Gasteiger partial charge < -0.3 is 19.5 Å². The Kier molecular flexibility index (Phi) is 6.71. The van der Waals surface area contributed by atoms with Crippen LogP contribution < -0.4 is 14.4 Å². The molecule has 2 unspecified atom stereocenters. The molecule has 1 N–H and O–H groups in total. The molecule has 0 spiro atoms. The van der Waals surface area contributed by atoms with Gasteiger partial charge in [0.1, 0.15) is 17.6 Å². The van der Waals surface area contributed by atoms with Crippen molar-refractivity contribution in [2.24, 2.45) is 5.41 Å². The second-order valence-electron chi connectivity index (χ2n) is 9.54. The fraction of sp³-hybridized carbons (Fsp3) is 0.480. The average molecular weight is 466 g/mol. The standard InChI is InChI=1S/C25H30F3NO4/c1-23(2,3)22(30)29-15-20(33-19-8-6-7-18(14-19)32-5)11-9-16-13-17(10-12-21(16)29)24(4,31)25(26,27)28/h6-8,10,12-14,20,31H,9,11,15H2,1-5H3. The monoisotopic (exact) mass is 465 g/mol. The van der Waals surface area contributed by atoms with E-state index in [9.17, 15) is 23.1 Å². The van der Waals surface area contributed by atoms with Crippen molar-refractivity contribution in [1.82, 2.24) is 0 Å². The molecule has 5 nitrogen and oxygen atoms in total. The molecule has 0 fully saturated rings. The van der Waals surface area contributed by atoms with Gasteiger partial charge in [-0.25, -0.2) is 0 Å². The summed E-state index contributed by atoms with van der Waals surface area (Å²) in [5, 5.41) is 10.2. The number of rotatable bonds is 4.